The fraction of sp³-hybridized carbons (Fsp3) is 0.765. The Balaban J connectivity index is 2.43. The van der Waals surface area contributed by atoms with Crippen LogP contribution in [-0.4, -0.2) is 23.7 Å². The molecule has 0 aliphatic heterocycles. The standard InChI is InChI=1S/C17H28O4/c1-4-5-10-17(2,3)12-21-15(18)11-14(16(19)20)13-8-6-7-9-13/h4,13-14H,1,5-12H2,2-3H3,(H,19,20)/t14-/m0/s1. The molecule has 0 spiro atoms. The highest BCUT2D eigenvalue weighted by Gasteiger charge is 2.33. The number of carbonyl (C=O) groups is 2. The van der Waals surface area contributed by atoms with E-state index in [9.17, 15) is 14.7 Å². The molecule has 1 aliphatic rings. The first-order chi connectivity index (χ1) is 9.85. The zero-order chi connectivity index (χ0) is 15.9. The second-order valence-electron chi connectivity index (χ2n) is 6.85. The maximum atomic E-state index is 11.9. The highest BCUT2D eigenvalue weighted by molar-refractivity contribution is 5.79. The van der Waals surface area contributed by atoms with E-state index in [-0.39, 0.29) is 23.7 Å². The quantitative estimate of drug-likeness (QED) is 0.519. The summed E-state index contributed by atoms with van der Waals surface area (Å²) in [5.74, 6) is -1.72. The number of esters is 1. The molecule has 1 saturated carbocycles. The van der Waals surface area contributed by atoms with Gasteiger partial charge in [0.15, 0.2) is 0 Å². The highest BCUT2D eigenvalue weighted by atomic mass is 16.5. The summed E-state index contributed by atoms with van der Waals surface area (Å²) in [5, 5.41) is 9.31. The molecule has 0 bridgehead atoms. The van der Waals surface area contributed by atoms with Gasteiger partial charge in [-0.1, -0.05) is 32.8 Å². The molecule has 0 aromatic heterocycles. The van der Waals surface area contributed by atoms with Gasteiger partial charge in [-0.15, -0.1) is 6.58 Å². The fourth-order valence-corrected chi connectivity index (χ4v) is 2.89. The fourth-order valence-electron chi connectivity index (χ4n) is 2.89. The SMILES string of the molecule is C=CCCC(C)(C)COC(=O)C[C@H](C(=O)O)C1CCCC1. The molecule has 120 valence electrons. The van der Waals surface area contributed by atoms with Crippen molar-refractivity contribution < 1.29 is 19.4 Å². The Morgan fingerprint density at radius 2 is 2.00 bits per heavy atom. The molecule has 0 unspecified atom stereocenters. The van der Waals surface area contributed by atoms with Crippen LogP contribution in [0.25, 0.3) is 0 Å². The van der Waals surface area contributed by atoms with E-state index in [1.54, 1.807) is 0 Å². The van der Waals surface area contributed by atoms with Crippen molar-refractivity contribution in [2.45, 2.75) is 58.8 Å². The number of carbonyl (C=O) groups excluding carboxylic acids is 1. The van der Waals surface area contributed by atoms with Crippen molar-refractivity contribution >= 4 is 11.9 Å². The molecular formula is C17H28O4. The summed E-state index contributed by atoms with van der Waals surface area (Å²) < 4.78 is 5.31. The number of ether oxygens (including phenoxy) is 1. The van der Waals surface area contributed by atoms with Crippen molar-refractivity contribution in [2.24, 2.45) is 17.3 Å². The number of rotatable bonds is 9. The van der Waals surface area contributed by atoms with Crippen LogP contribution in [0.4, 0.5) is 0 Å². The molecule has 4 nitrogen and oxygen atoms in total. The second kappa shape index (κ2) is 8.20. The first kappa shape index (κ1) is 17.7. The minimum Gasteiger partial charge on any atom is -0.481 e. The van der Waals surface area contributed by atoms with Crippen LogP contribution in [0.3, 0.4) is 0 Å². The third kappa shape index (κ3) is 6.32. The lowest BCUT2D eigenvalue weighted by Gasteiger charge is -2.24. The Morgan fingerprint density at radius 1 is 1.38 bits per heavy atom. The average Bonchev–Trinajstić information content (AvgIpc) is 2.94. The van der Waals surface area contributed by atoms with Crippen LogP contribution < -0.4 is 0 Å². The third-order valence-electron chi connectivity index (χ3n) is 4.32. The molecule has 1 atom stereocenters. The second-order valence-corrected chi connectivity index (χ2v) is 6.85. The monoisotopic (exact) mass is 296 g/mol. The predicted molar refractivity (Wildman–Crippen MR) is 81.9 cm³/mol. The summed E-state index contributed by atoms with van der Waals surface area (Å²) in [5.41, 5.74) is -0.101. The number of aliphatic carboxylic acids is 1. The zero-order valence-corrected chi connectivity index (χ0v) is 13.3. The van der Waals surface area contributed by atoms with Gasteiger partial charge in [-0.2, -0.15) is 0 Å². The van der Waals surface area contributed by atoms with Gasteiger partial charge in [0, 0.05) is 0 Å². The minimum atomic E-state index is -0.871. The summed E-state index contributed by atoms with van der Waals surface area (Å²) >= 11 is 0. The minimum absolute atomic E-state index is 0.00244. The van der Waals surface area contributed by atoms with Crippen molar-refractivity contribution in [3.8, 4) is 0 Å². The van der Waals surface area contributed by atoms with Crippen molar-refractivity contribution in [1.82, 2.24) is 0 Å². The lowest BCUT2D eigenvalue weighted by atomic mass is 9.87. The van der Waals surface area contributed by atoms with Crippen LogP contribution in [0.1, 0.15) is 58.8 Å². The first-order valence-electron chi connectivity index (χ1n) is 7.85. The van der Waals surface area contributed by atoms with Crippen molar-refractivity contribution in [2.75, 3.05) is 6.61 Å². The zero-order valence-electron chi connectivity index (χ0n) is 13.3. The van der Waals surface area contributed by atoms with Gasteiger partial charge >= 0.3 is 11.9 Å². The molecule has 0 amide bonds. The van der Waals surface area contributed by atoms with Crippen LogP contribution in [-0.2, 0) is 14.3 Å². The molecule has 0 saturated heterocycles. The highest BCUT2D eigenvalue weighted by Crippen LogP contribution is 2.33. The van der Waals surface area contributed by atoms with E-state index >= 15 is 0 Å². The Morgan fingerprint density at radius 3 is 2.52 bits per heavy atom. The van der Waals surface area contributed by atoms with E-state index in [4.69, 9.17) is 4.74 Å². The summed E-state index contributed by atoms with van der Waals surface area (Å²) in [6.07, 6.45) is 7.58. The molecule has 0 heterocycles. The van der Waals surface area contributed by atoms with Gasteiger partial charge in [0.2, 0.25) is 0 Å². The largest absolute Gasteiger partial charge is 0.481 e. The first-order valence-corrected chi connectivity index (χ1v) is 7.85. The van der Waals surface area contributed by atoms with Crippen molar-refractivity contribution in [3.63, 3.8) is 0 Å². The van der Waals surface area contributed by atoms with E-state index in [2.05, 4.69) is 6.58 Å². The van der Waals surface area contributed by atoms with E-state index in [1.165, 1.54) is 0 Å². The van der Waals surface area contributed by atoms with Crippen LogP contribution in [0.2, 0.25) is 0 Å². The van der Waals surface area contributed by atoms with E-state index in [1.807, 2.05) is 19.9 Å². The van der Waals surface area contributed by atoms with Gasteiger partial charge in [-0.3, -0.25) is 9.59 Å². The number of carboxylic acid groups (broad SMARTS) is 1. The third-order valence-corrected chi connectivity index (χ3v) is 4.32. The summed E-state index contributed by atoms with van der Waals surface area (Å²) in [4.78, 5) is 23.3. The molecule has 0 radical (unpaired) electrons. The average molecular weight is 296 g/mol. The summed E-state index contributed by atoms with van der Waals surface area (Å²) in [7, 11) is 0. The molecule has 1 N–H and O–H groups in total. The predicted octanol–water partition coefficient (Wildman–Crippen LogP) is 3.80. The molecule has 4 heteroatoms. The Kier molecular flexibility index (Phi) is 6.93. The van der Waals surface area contributed by atoms with E-state index < -0.39 is 11.9 Å². The number of hydrogen-bond donors (Lipinski definition) is 1. The normalized spacial score (nSPS) is 17.4. The Labute approximate surface area is 127 Å². The van der Waals surface area contributed by atoms with Crippen LogP contribution in [0.15, 0.2) is 12.7 Å². The summed E-state index contributed by atoms with van der Waals surface area (Å²) in [6.45, 7) is 8.09. The number of allylic oxidation sites excluding steroid dienone is 1. The van der Waals surface area contributed by atoms with Crippen LogP contribution >= 0.6 is 0 Å². The van der Waals surface area contributed by atoms with Crippen molar-refractivity contribution in [1.29, 1.82) is 0 Å². The Hall–Kier alpha value is -1.32. The van der Waals surface area contributed by atoms with Gasteiger partial charge in [-0.05, 0) is 37.0 Å². The molecule has 1 fully saturated rings. The maximum absolute atomic E-state index is 11.9. The Bertz CT molecular complexity index is 367. The molecule has 21 heavy (non-hydrogen) atoms. The molecule has 0 aromatic carbocycles. The van der Waals surface area contributed by atoms with Crippen LogP contribution in [0.5, 0.6) is 0 Å². The van der Waals surface area contributed by atoms with E-state index in [0.29, 0.717) is 6.61 Å². The topological polar surface area (TPSA) is 63.6 Å². The van der Waals surface area contributed by atoms with Gasteiger partial charge in [-0.25, -0.2) is 0 Å². The van der Waals surface area contributed by atoms with E-state index in [0.717, 1.165) is 38.5 Å². The number of hydrogen-bond acceptors (Lipinski definition) is 3. The lowest BCUT2D eigenvalue weighted by molar-refractivity contribution is -0.155. The number of carboxylic acids is 1. The maximum Gasteiger partial charge on any atom is 0.307 e. The van der Waals surface area contributed by atoms with Gasteiger partial charge < -0.3 is 9.84 Å². The lowest BCUT2D eigenvalue weighted by Crippen LogP contribution is -2.28. The van der Waals surface area contributed by atoms with Gasteiger partial charge in [0.1, 0.15) is 0 Å². The molecule has 1 rings (SSSR count). The van der Waals surface area contributed by atoms with Gasteiger partial charge in [0.05, 0.1) is 18.9 Å². The molecule has 1 aliphatic carbocycles. The van der Waals surface area contributed by atoms with Gasteiger partial charge in [0.25, 0.3) is 0 Å². The van der Waals surface area contributed by atoms with Crippen LogP contribution in [0, 0.1) is 17.3 Å². The smallest absolute Gasteiger partial charge is 0.307 e. The van der Waals surface area contributed by atoms with Crippen molar-refractivity contribution in [3.05, 3.63) is 12.7 Å². The molecular weight excluding hydrogens is 268 g/mol. The molecule has 0 aromatic rings. The summed E-state index contributed by atoms with van der Waals surface area (Å²) in [6, 6.07) is 0.